The van der Waals surface area contributed by atoms with Crippen LogP contribution in [0.3, 0.4) is 0 Å². The molecule has 4 aromatic rings. The zero-order valence-electron chi connectivity index (χ0n) is 14.5. The summed E-state index contributed by atoms with van der Waals surface area (Å²) in [7, 11) is 0. The average Bonchev–Trinajstić information content (AvgIpc) is 3.29. The van der Waals surface area contributed by atoms with Gasteiger partial charge in [0.25, 0.3) is 5.56 Å². The number of aryl methyl sites for hydroxylation is 2. The van der Waals surface area contributed by atoms with E-state index < -0.39 is 0 Å². The smallest absolute Gasteiger partial charge is 0.272 e. The first-order valence-corrected chi connectivity index (χ1v) is 9.04. The number of thioether (sulfide) groups is 1. The van der Waals surface area contributed by atoms with Crippen LogP contribution >= 0.6 is 11.8 Å². The Balaban J connectivity index is 1.63. The van der Waals surface area contributed by atoms with Gasteiger partial charge in [-0.2, -0.15) is 9.94 Å². The van der Waals surface area contributed by atoms with Gasteiger partial charge in [0.2, 0.25) is 5.16 Å². The van der Waals surface area contributed by atoms with E-state index in [9.17, 15) is 4.79 Å². The molecule has 0 saturated heterocycles. The van der Waals surface area contributed by atoms with Gasteiger partial charge in [-0.15, -0.1) is 5.10 Å². The molecule has 1 N–H and O–H groups in total. The van der Waals surface area contributed by atoms with Gasteiger partial charge in [-0.25, -0.2) is 9.50 Å². The van der Waals surface area contributed by atoms with Gasteiger partial charge in [0.1, 0.15) is 11.6 Å². The van der Waals surface area contributed by atoms with E-state index in [1.165, 1.54) is 34.1 Å². The molecule has 0 unspecified atom stereocenters. The van der Waals surface area contributed by atoms with Crippen molar-refractivity contribution in [2.75, 3.05) is 0 Å². The van der Waals surface area contributed by atoms with Crippen LogP contribution in [0.4, 0.5) is 0 Å². The lowest BCUT2D eigenvalue weighted by Gasteiger charge is -2.07. The fourth-order valence-corrected chi connectivity index (χ4v) is 3.40. The highest BCUT2D eigenvalue weighted by atomic mass is 32.2. The van der Waals surface area contributed by atoms with Crippen molar-refractivity contribution >= 4 is 17.4 Å². The molecule has 0 amide bonds. The predicted molar refractivity (Wildman–Crippen MR) is 98.7 cm³/mol. The van der Waals surface area contributed by atoms with Crippen molar-refractivity contribution < 1.29 is 0 Å². The number of nitrogens with one attached hydrogen (secondary N) is 1. The van der Waals surface area contributed by atoms with Gasteiger partial charge in [-0.3, -0.25) is 9.89 Å². The second-order valence-corrected chi connectivity index (χ2v) is 6.92. The molecule has 10 heteroatoms. The molecule has 3 aromatic heterocycles. The van der Waals surface area contributed by atoms with Crippen LogP contribution in [0.1, 0.15) is 22.4 Å². The van der Waals surface area contributed by atoms with E-state index in [-0.39, 0.29) is 5.56 Å². The van der Waals surface area contributed by atoms with Crippen LogP contribution in [0.25, 0.3) is 11.3 Å². The van der Waals surface area contributed by atoms with Crippen molar-refractivity contribution in [3.05, 3.63) is 63.2 Å². The Hall–Kier alpha value is -3.45. The van der Waals surface area contributed by atoms with Gasteiger partial charge >= 0.3 is 0 Å². The molecule has 3 heterocycles. The third kappa shape index (κ3) is 3.09. The van der Waals surface area contributed by atoms with E-state index in [2.05, 4.69) is 25.6 Å². The van der Waals surface area contributed by atoms with Gasteiger partial charge in [0, 0.05) is 18.0 Å². The normalized spacial score (nSPS) is 11.0. The van der Waals surface area contributed by atoms with E-state index in [1.54, 1.807) is 4.68 Å². The minimum Gasteiger partial charge on any atom is -0.295 e. The number of tetrazole rings is 1. The lowest BCUT2D eigenvalue weighted by molar-refractivity contribution is 0.755. The lowest BCUT2D eigenvalue weighted by atomic mass is 10.1. The summed E-state index contributed by atoms with van der Waals surface area (Å²) in [4.78, 5) is 16.6. The summed E-state index contributed by atoms with van der Waals surface area (Å²) in [6.07, 6.45) is 1.46. The monoisotopic (exact) mass is 378 g/mol. The van der Waals surface area contributed by atoms with Crippen molar-refractivity contribution in [3.8, 4) is 11.8 Å². The summed E-state index contributed by atoms with van der Waals surface area (Å²) in [5.41, 5.74) is 4.12. The van der Waals surface area contributed by atoms with Gasteiger partial charge in [0.05, 0.1) is 11.4 Å². The van der Waals surface area contributed by atoms with Crippen molar-refractivity contribution in [2.45, 2.75) is 24.8 Å². The zero-order chi connectivity index (χ0) is 19.0. The fraction of sp³-hybridized carbons (Fsp3) is 0.176. The molecule has 1 aromatic carbocycles. The Kier molecular flexibility index (Phi) is 4.21. The largest absolute Gasteiger partial charge is 0.295 e. The highest BCUT2D eigenvalue weighted by Gasteiger charge is 2.13. The quantitative estimate of drug-likeness (QED) is 0.538. The standard InChI is InChI=1S/C17H14N8OS/c1-10-3-4-14(5-11(10)2)24-17(21-22-23-24)27-9-13-6-15(26)25-16(20-13)12(7-18)8-19-25/h3-6,8,19H,9H2,1-2H3. The maximum atomic E-state index is 12.2. The molecule has 0 saturated carbocycles. The maximum Gasteiger partial charge on any atom is 0.272 e. The summed E-state index contributed by atoms with van der Waals surface area (Å²) in [5, 5.41) is 24.3. The Bertz CT molecular complexity index is 1250. The van der Waals surface area contributed by atoms with E-state index in [0.29, 0.717) is 27.8 Å². The Morgan fingerprint density at radius 1 is 1.26 bits per heavy atom. The summed E-state index contributed by atoms with van der Waals surface area (Å²) >= 11 is 1.37. The van der Waals surface area contributed by atoms with Gasteiger partial charge in [-0.1, -0.05) is 17.8 Å². The molecule has 0 fully saturated rings. The van der Waals surface area contributed by atoms with E-state index in [0.717, 1.165) is 11.3 Å². The van der Waals surface area contributed by atoms with Crippen LogP contribution < -0.4 is 5.56 Å². The van der Waals surface area contributed by atoms with Crippen molar-refractivity contribution in [2.24, 2.45) is 0 Å². The third-order valence-corrected chi connectivity index (χ3v) is 5.15. The first kappa shape index (κ1) is 17.0. The Labute approximate surface area is 157 Å². The molecule has 0 radical (unpaired) electrons. The van der Waals surface area contributed by atoms with Crippen LogP contribution in [0.15, 0.2) is 40.4 Å². The molecule has 27 heavy (non-hydrogen) atoms. The molecule has 0 atom stereocenters. The number of fused-ring (bicyclic) bond motifs is 1. The molecule has 0 spiro atoms. The summed E-state index contributed by atoms with van der Waals surface area (Å²) in [6, 6.07) is 9.45. The summed E-state index contributed by atoms with van der Waals surface area (Å²) in [6.45, 7) is 4.08. The molecule has 9 nitrogen and oxygen atoms in total. The lowest BCUT2D eigenvalue weighted by Crippen LogP contribution is -2.15. The van der Waals surface area contributed by atoms with Gasteiger partial charge in [-0.05, 0) is 47.5 Å². The third-order valence-electron chi connectivity index (χ3n) is 4.20. The molecule has 0 bridgehead atoms. The molecule has 134 valence electrons. The van der Waals surface area contributed by atoms with Gasteiger partial charge < -0.3 is 0 Å². The topological polar surface area (TPSA) is 118 Å². The number of aromatic amines is 1. The SMILES string of the molecule is Cc1ccc(-n2nnnc2SCc2cc(=O)n3[nH]cc(C#N)c3n2)cc1C. The molecule has 4 rings (SSSR count). The van der Waals surface area contributed by atoms with Crippen LogP contribution in [0.2, 0.25) is 0 Å². The number of benzene rings is 1. The van der Waals surface area contributed by atoms with Crippen LogP contribution in [0.5, 0.6) is 0 Å². The summed E-state index contributed by atoms with van der Waals surface area (Å²) < 4.78 is 2.89. The molecule has 0 aliphatic heterocycles. The molecule has 0 aliphatic carbocycles. The number of rotatable bonds is 4. The first-order chi connectivity index (χ1) is 13.1. The number of nitriles is 1. The zero-order valence-corrected chi connectivity index (χ0v) is 15.4. The molecule has 0 aliphatic rings. The van der Waals surface area contributed by atoms with Crippen LogP contribution in [-0.4, -0.2) is 34.8 Å². The number of nitrogens with zero attached hydrogens (tertiary/aromatic N) is 7. The minimum atomic E-state index is -0.272. The highest BCUT2D eigenvalue weighted by molar-refractivity contribution is 7.98. The number of hydrogen-bond acceptors (Lipinski definition) is 7. The maximum absolute atomic E-state index is 12.2. The molecular formula is C17H14N8OS. The number of hydrogen-bond donors (Lipinski definition) is 1. The second kappa shape index (κ2) is 6.69. The van der Waals surface area contributed by atoms with Crippen molar-refractivity contribution in [1.82, 2.24) is 34.8 Å². The number of H-pyrrole nitrogens is 1. The first-order valence-electron chi connectivity index (χ1n) is 8.06. The van der Waals surface area contributed by atoms with E-state index in [4.69, 9.17) is 5.26 Å². The van der Waals surface area contributed by atoms with Crippen LogP contribution in [-0.2, 0) is 5.75 Å². The fourth-order valence-electron chi connectivity index (χ4n) is 2.61. The van der Waals surface area contributed by atoms with Crippen LogP contribution in [0, 0.1) is 25.2 Å². The van der Waals surface area contributed by atoms with E-state index >= 15 is 0 Å². The number of aromatic nitrogens is 7. The Morgan fingerprint density at radius 3 is 2.89 bits per heavy atom. The van der Waals surface area contributed by atoms with Crippen molar-refractivity contribution in [1.29, 1.82) is 5.26 Å². The van der Waals surface area contributed by atoms with Gasteiger partial charge in [0.15, 0.2) is 5.65 Å². The Morgan fingerprint density at radius 2 is 2.11 bits per heavy atom. The average molecular weight is 378 g/mol. The molecular weight excluding hydrogens is 364 g/mol. The summed E-state index contributed by atoms with van der Waals surface area (Å²) in [5.74, 6) is 0.396. The predicted octanol–water partition coefficient (Wildman–Crippen LogP) is 1.78. The second-order valence-electron chi connectivity index (χ2n) is 5.97. The minimum absolute atomic E-state index is 0.272. The highest BCUT2D eigenvalue weighted by Crippen LogP contribution is 2.23. The van der Waals surface area contributed by atoms with Crippen molar-refractivity contribution in [3.63, 3.8) is 0 Å². The van der Waals surface area contributed by atoms with E-state index in [1.807, 2.05) is 38.1 Å².